The van der Waals surface area contributed by atoms with Crippen LogP contribution in [0.2, 0.25) is 0 Å². The number of carbonyl (C=O) groups is 1. The first-order valence-electron chi connectivity index (χ1n) is 8.98. The molecule has 1 aliphatic heterocycles. The van der Waals surface area contributed by atoms with Crippen LogP contribution in [0, 0.1) is 17.5 Å². The van der Waals surface area contributed by atoms with Gasteiger partial charge in [0.25, 0.3) is 5.91 Å². The number of likely N-dealkylation sites (tertiary alicyclic amines) is 1. The summed E-state index contributed by atoms with van der Waals surface area (Å²) < 4.78 is 50.6. The summed E-state index contributed by atoms with van der Waals surface area (Å²) in [5.74, 6) is -1.65. The third kappa shape index (κ3) is 4.08. The van der Waals surface area contributed by atoms with Crippen LogP contribution in [0.25, 0.3) is 11.4 Å². The van der Waals surface area contributed by atoms with Crippen LogP contribution < -0.4 is 4.74 Å². The lowest BCUT2D eigenvalue weighted by Gasteiger charge is -2.21. The van der Waals surface area contributed by atoms with Crippen LogP contribution in [-0.4, -0.2) is 34.1 Å². The predicted octanol–water partition coefficient (Wildman–Crippen LogP) is 3.90. The fourth-order valence-electron chi connectivity index (χ4n) is 3.23. The molecule has 150 valence electrons. The standard InChI is InChI=1S/C20H16F3N3O3/c21-12-3-6-14(7-4-12)28-11-18(27)26-9-1-2-17(26)20-24-19(25-29-20)15-8-5-13(22)10-16(15)23/h3-8,10,17H,1-2,9,11H2/t17-/m1/s1. The molecule has 0 spiro atoms. The van der Waals surface area contributed by atoms with Gasteiger partial charge in [0.05, 0.1) is 5.56 Å². The van der Waals surface area contributed by atoms with Crippen LogP contribution >= 0.6 is 0 Å². The smallest absolute Gasteiger partial charge is 0.261 e. The quantitative estimate of drug-likeness (QED) is 0.647. The van der Waals surface area contributed by atoms with Crippen LogP contribution in [-0.2, 0) is 4.79 Å². The van der Waals surface area contributed by atoms with Crippen molar-refractivity contribution >= 4 is 5.91 Å². The molecule has 1 fully saturated rings. The lowest BCUT2D eigenvalue weighted by Crippen LogP contribution is -2.34. The van der Waals surface area contributed by atoms with Crippen molar-refractivity contribution < 1.29 is 27.2 Å². The van der Waals surface area contributed by atoms with E-state index in [1.807, 2.05) is 0 Å². The van der Waals surface area contributed by atoms with Crippen molar-refractivity contribution in [2.75, 3.05) is 13.2 Å². The van der Waals surface area contributed by atoms with Crippen molar-refractivity contribution in [2.24, 2.45) is 0 Å². The number of amides is 1. The van der Waals surface area contributed by atoms with Crippen LogP contribution in [0.5, 0.6) is 5.75 Å². The molecule has 0 aliphatic carbocycles. The number of carbonyl (C=O) groups excluding carboxylic acids is 1. The van der Waals surface area contributed by atoms with Gasteiger partial charge in [-0.15, -0.1) is 0 Å². The summed E-state index contributed by atoms with van der Waals surface area (Å²) in [5, 5.41) is 3.76. The Morgan fingerprint density at radius 2 is 1.90 bits per heavy atom. The van der Waals surface area contributed by atoms with Gasteiger partial charge in [0.15, 0.2) is 6.61 Å². The SMILES string of the molecule is O=C(COc1ccc(F)cc1)N1CCC[C@@H]1c1nc(-c2ccc(F)cc2F)no1. The third-order valence-corrected chi connectivity index (χ3v) is 4.65. The lowest BCUT2D eigenvalue weighted by atomic mass is 10.2. The van der Waals surface area contributed by atoms with Gasteiger partial charge < -0.3 is 14.2 Å². The van der Waals surface area contributed by atoms with Gasteiger partial charge in [-0.1, -0.05) is 5.16 Å². The molecule has 2 heterocycles. The number of benzene rings is 2. The molecule has 0 unspecified atom stereocenters. The van der Waals surface area contributed by atoms with Gasteiger partial charge in [-0.25, -0.2) is 13.2 Å². The zero-order valence-corrected chi connectivity index (χ0v) is 15.1. The van der Waals surface area contributed by atoms with Gasteiger partial charge in [-0.3, -0.25) is 4.79 Å². The topological polar surface area (TPSA) is 68.5 Å². The number of nitrogens with zero attached hydrogens (tertiary/aromatic N) is 3. The minimum Gasteiger partial charge on any atom is -0.484 e. The average molecular weight is 403 g/mol. The van der Waals surface area contributed by atoms with E-state index in [1.165, 1.54) is 30.3 Å². The molecule has 3 aromatic rings. The largest absolute Gasteiger partial charge is 0.484 e. The summed E-state index contributed by atoms with van der Waals surface area (Å²) in [6, 6.07) is 7.98. The van der Waals surface area contributed by atoms with Crippen molar-refractivity contribution in [1.29, 1.82) is 0 Å². The lowest BCUT2D eigenvalue weighted by molar-refractivity contribution is -0.134. The number of ether oxygens (including phenoxy) is 1. The Bertz CT molecular complexity index is 1020. The molecule has 0 radical (unpaired) electrons. The summed E-state index contributed by atoms with van der Waals surface area (Å²) in [6.45, 7) is 0.259. The highest BCUT2D eigenvalue weighted by molar-refractivity contribution is 5.78. The van der Waals surface area contributed by atoms with E-state index in [9.17, 15) is 18.0 Å². The molecule has 9 heteroatoms. The van der Waals surface area contributed by atoms with Gasteiger partial charge >= 0.3 is 0 Å². The number of halogens is 3. The first-order valence-corrected chi connectivity index (χ1v) is 8.98. The number of hydrogen-bond acceptors (Lipinski definition) is 5. The van der Waals surface area contributed by atoms with Gasteiger partial charge in [-0.05, 0) is 49.2 Å². The summed E-state index contributed by atoms with van der Waals surface area (Å²) >= 11 is 0. The maximum absolute atomic E-state index is 13.9. The number of aromatic nitrogens is 2. The molecule has 1 amide bonds. The molecule has 0 N–H and O–H groups in total. The Morgan fingerprint density at radius 1 is 1.14 bits per heavy atom. The normalized spacial score (nSPS) is 16.2. The second kappa shape index (κ2) is 7.94. The second-order valence-electron chi connectivity index (χ2n) is 6.57. The minimum atomic E-state index is -0.801. The first kappa shape index (κ1) is 19.0. The first-order chi connectivity index (χ1) is 14.0. The van der Waals surface area contributed by atoms with E-state index in [2.05, 4.69) is 10.1 Å². The number of rotatable bonds is 5. The Kier molecular flexibility index (Phi) is 5.20. The average Bonchev–Trinajstić information content (AvgIpc) is 3.36. The van der Waals surface area contributed by atoms with Crippen LogP contribution in [0.15, 0.2) is 47.0 Å². The van der Waals surface area contributed by atoms with E-state index >= 15 is 0 Å². The maximum Gasteiger partial charge on any atom is 0.261 e. The van der Waals surface area contributed by atoms with Crippen molar-refractivity contribution in [3.8, 4) is 17.1 Å². The summed E-state index contributed by atoms with van der Waals surface area (Å²) in [4.78, 5) is 18.3. The highest BCUT2D eigenvalue weighted by Crippen LogP contribution is 2.32. The highest BCUT2D eigenvalue weighted by atomic mass is 19.1. The van der Waals surface area contributed by atoms with Crippen LogP contribution in [0.3, 0.4) is 0 Å². The zero-order valence-electron chi connectivity index (χ0n) is 15.1. The van der Waals surface area contributed by atoms with Crippen molar-refractivity contribution in [1.82, 2.24) is 15.0 Å². The molecule has 29 heavy (non-hydrogen) atoms. The summed E-state index contributed by atoms with van der Waals surface area (Å²) in [6.07, 6.45) is 1.34. The molecule has 0 bridgehead atoms. The van der Waals surface area contributed by atoms with Gasteiger partial charge in [0.1, 0.15) is 29.2 Å². The van der Waals surface area contributed by atoms with Crippen molar-refractivity contribution in [2.45, 2.75) is 18.9 Å². The summed E-state index contributed by atoms with van der Waals surface area (Å²) in [7, 11) is 0. The van der Waals surface area contributed by atoms with E-state index < -0.39 is 23.5 Å². The maximum atomic E-state index is 13.9. The summed E-state index contributed by atoms with van der Waals surface area (Å²) in [5.41, 5.74) is 0.0110. The molecule has 0 saturated carbocycles. The second-order valence-corrected chi connectivity index (χ2v) is 6.57. The fourth-order valence-corrected chi connectivity index (χ4v) is 3.23. The van der Waals surface area contributed by atoms with Gasteiger partial charge in [0, 0.05) is 12.6 Å². The van der Waals surface area contributed by atoms with Crippen molar-refractivity contribution in [3.05, 3.63) is 65.8 Å². The van der Waals surface area contributed by atoms with E-state index in [0.29, 0.717) is 18.7 Å². The van der Waals surface area contributed by atoms with E-state index in [4.69, 9.17) is 9.26 Å². The van der Waals surface area contributed by atoms with E-state index in [-0.39, 0.29) is 29.8 Å². The molecule has 1 saturated heterocycles. The monoisotopic (exact) mass is 403 g/mol. The van der Waals surface area contributed by atoms with Crippen molar-refractivity contribution in [3.63, 3.8) is 0 Å². The molecule has 2 aromatic carbocycles. The van der Waals surface area contributed by atoms with Crippen LogP contribution in [0.4, 0.5) is 13.2 Å². The van der Waals surface area contributed by atoms with Gasteiger partial charge in [-0.2, -0.15) is 4.98 Å². The molecular weight excluding hydrogens is 387 g/mol. The zero-order chi connectivity index (χ0) is 20.4. The molecular formula is C20H16F3N3O3. The third-order valence-electron chi connectivity index (χ3n) is 4.65. The fraction of sp³-hybridized carbons (Fsp3) is 0.250. The molecule has 1 aliphatic rings. The molecule has 1 atom stereocenters. The number of hydrogen-bond donors (Lipinski definition) is 0. The Balaban J connectivity index is 1.46. The predicted molar refractivity (Wildman–Crippen MR) is 95.2 cm³/mol. The molecule has 6 nitrogen and oxygen atoms in total. The molecule has 4 rings (SSSR count). The van der Waals surface area contributed by atoms with Crippen LogP contribution in [0.1, 0.15) is 24.8 Å². The Labute approximate surface area is 163 Å². The van der Waals surface area contributed by atoms with E-state index in [1.54, 1.807) is 4.90 Å². The molecule has 1 aromatic heterocycles. The minimum absolute atomic E-state index is 0.0110. The Hall–Kier alpha value is -3.36. The highest BCUT2D eigenvalue weighted by Gasteiger charge is 2.34. The van der Waals surface area contributed by atoms with Gasteiger partial charge in [0.2, 0.25) is 11.7 Å². The van der Waals surface area contributed by atoms with E-state index in [0.717, 1.165) is 18.6 Å². The Morgan fingerprint density at radius 3 is 2.66 bits per heavy atom.